The monoisotopic (exact) mass is 232 g/mol. The van der Waals surface area contributed by atoms with E-state index in [0.717, 1.165) is 32.4 Å². The summed E-state index contributed by atoms with van der Waals surface area (Å²) in [4.78, 5) is 0. The molecule has 4 nitrogen and oxygen atoms in total. The van der Waals surface area contributed by atoms with E-state index in [-0.39, 0.29) is 6.04 Å². The van der Waals surface area contributed by atoms with Gasteiger partial charge >= 0.3 is 0 Å². The van der Waals surface area contributed by atoms with Crippen LogP contribution < -0.4 is 5.32 Å². The van der Waals surface area contributed by atoms with Gasteiger partial charge in [-0.25, -0.2) is 8.42 Å². The molecule has 0 aromatic carbocycles. The fourth-order valence-corrected chi connectivity index (χ4v) is 4.33. The van der Waals surface area contributed by atoms with Crippen LogP contribution in [-0.4, -0.2) is 44.2 Å². The Balaban J connectivity index is 2.09. The maximum absolute atomic E-state index is 12.0. The van der Waals surface area contributed by atoms with Gasteiger partial charge in [-0.15, -0.1) is 0 Å². The Kier molecular flexibility index (Phi) is 3.64. The Morgan fingerprint density at radius 3 is 2.53 bits per heavy atom. The molecule has 1 saturated heterocycles. The second-order valence-electron chi connectivity index (χ2n) is 4.47. The Labute approximate surface area is 92.1 Å². The molecule has 0 amide bonds. The third-order valence-corrected chi connectivity index (χ3v) is 5.35. The molecule has 2 rings (SSSR count). The summed E-state index contributed by atoms with van der Waals surface area (Å²) in [6.07, 6.45) is 5.22. The Bertz CT molecular complexity index is 297. The van der Waals surface area contributed by atoms with E-state index in [1.54, 1.807) is 4.31 Å². The molecule has 1 N–H and O–H groups in total. The van der Waals surface area contributed by atoms with Gasteiger partial charge in [-0.2, -0.15) is 4.31 Å². The highest BCUT2D eigenvalue weighted by Crippen LogP contribution is 2.26. The third kappa shape index (κ3) is 2.71. The van der Waals surface area contributed by atoms with E-state index in [9.17, 15) is 8.42 Å². The average Bonchev–Trinajstić information content (AvgIpc) is 2.66. The second kappa shape index (κ2) is 4.80. The van der Waals surface area contributed by atoms with E-state index in [4.69, 9.17) is 0 Å². The highest BCUT2D eigenvalue weighted by Gasteiger charge is 2.31. The molecule has 15 heavy (non-hydrogen) atoms. The summed E-state index contributed by atoms with van der Waals surface area (Å²) in [7, 11) is -2.97. The smallest absolute Gasteiger partial charge is 0.214 e. The maximum atomic E-state index is 12.0. The Morgan fingerprint density at radius 1 is 1.07 bits per heavy atom. The molecule has 0 radical (unpaired) electrons. The van der Waals surface area contributed by atoms with Crippen LogP contribution in [0.3, 0.4) is 0 Å². The molecular weight excluding hydrogens is 212 g/mol. The highest BCUT2D eigenvalue weighted by molar-refractivity contribution is 7.89. The first-order valence-electron chi connectivity index (χ1n) is 5.90. The molecule has 0 bridgehead atoms. The van der Waals surface area contributed by atoms with Crippen LogP contribution in [0.2, 0.25) is 0 Å². The number of nitrogens with zero attached hydrogens (tertiary/aromatic N) is 1. The van der Waals surface area contributed by atoms with E-state index in [2.05, 4.69) is 5.32 Å². The van der Waals surface area contributed by atoms with Gasteiger partial charge in [0.15, 0.2) is 0 Å². The lowest BCUT2D eigenvalue weighted by Gasteiger charge is -2.29. The Morgan fingerprint density at radius 2 is 1.80 bits per heavy atom. The molecular formula is C10H20N2O2S. The number of sulfonamides is 1. The molecule has 1 saturated carbocycles. The lowest BCUT2D eigenvalue weighted by atomic mass is 10.2. The van der Waals surface area contributed by atoms with Crippen molar-refractivity contribution >= 4 is 10.0 Å². The van der Waals surface area contributed by atoms with E-state index in [0.29, 0.717) is 12.3 Å². The molecule has 0 aromatic heterocycles. The summed E-state index contributed by atoms with van der Waals surface area (Å²) >= 11 is 0. The lowest BCUT2D eigenvalue weighted by Crippen LogP contribution is -2.46. The summed E-state index contributed by atoms with van der Waals surface area (Å²) < 4.78 is 25.8. The van der Waals surface area contributed by atoms with Crippen LogP contribution in [0, 0.1) is 0 Å². The van der Waals surface area contributed by atoms with Crippen LogP contribution in [0.5, 0.6) is 0 Å². The number of hydrogen-bond donors (Lipinski definition) is 1. The van der Waals surface area contributed by atoms with Crippen molar-refractivity contribution in [3.05, 3.63) is 0 Å². The minimum Gasteiger partial charge on any atom is -0.315 e. The van der Waals surface area contributed by atoms with Crippen LogP contribution in [0.25, 0.3) is 0 Å². The van der Waals surface area contributed by atoms with Crippen molar-refractivity contribution in [2.24, 2.45) is 0 Å². The molecule has 0 atom stereocenters. The van der Waals surface area contributed by atoms with Gasteiger partial charge in [0.25, 0.3) is 0 Å². The van der Waals surface area contributed by atoms with Crippen LogP contribution >= 0.6 is 0 Å². The zero-order valence-corrected chi connectivity index (χ0v) is 9.93. The SMILES string of the molecule is O=S1(=O)CCCNCCN1C1CCCC1. The predicted octanol–water partition coefficient (Wildman–Crippen LogP) is 0.554. The average molecular weight is 232 g/mol. The van der Waals surface area contributed by atoms with Gasteiger partial charge in [-0.1, -0.05) is 12.8 Å². The zero-order chi connectivity index (χ0) is 10.7. The molecule has 0 spiro atoms. The van der Waals surface area contributed by atoms with Crippen LogP contribution in [0.15, 0.2) is 0 Å². The van der Waals surface area contributed by atoms with Gasteiger partial charge in [0, 0.05) is 19.1 Å². The normalized spacial score (nSPS) is 29.9. The van der Waals surface area contributed by atoms with E-state index in [1.165, 1.54) is 12.8 Å². The zero-order valence-electron chi connectivity index (χ0n) is 9.11. The largest absolute Gasteiger partial charge is 0.315 e. The van der Waals surface area contributed by atoms with Crippen molar-refractivity contribution in [3.8, 4) is 0 Å². The van der Waals surface area contributed by atoms with Crippen molar-refractivity contribution < 1.29 is 8.42 Å². The molecule has 88 valence electrons. The van der Waals surface area contributed by atoms with Crippen molar-refractivity contribution in [3.63, 3.8) is 0 Å². The first-order chi connectivity index (χ1) is 7.20. The number of rotatable bonds is 1. The number of nitrogens with one attached hydrogen (secondary N) is 1. The highest BCUT2D eigenvalue weighted by atomic mass is 32.2. The quantitative estimate of drug-likeness (QED) is 0.718. The molecule has 1 heterocycles. The molecule has 1 aliphatic heterocycles. The molecule has 2 fully saturated rings. The van der Waals surface area contributed by atoms with Gasteiger partial charge in [0.05, 0.1) is 5.75 Å². The van der Waals surface area contributed by atoms with Crippen molar-refractivity contribution in [2.75, 3.05) is 25.4 Å². The van der Waals surface area contributed by atoms with Crippen molar-refractivity contribution in [1.82, 2.24) is 9.62 Å². The topological polar surface area (TPSA) is 49.4 Å². The van der Waals surface area contributed by atoms with Gasteiger partial charge in [-0.3, -0.25) is 0 Å². The molecule has 0 unspecified atom stereocenters. The summed E-state index contributed by atoms with van der Waals surface area (Å²) in [5, 5.41) is 3.27. The molecule has 0 aromatic rings. The lowest BCUT2D eigenvalue weighted by molar-refractivity contribution is 0.315. The van der Waals surface area contributed by atoms with Gasteiger partial charge < -0.3 is 5.32 Å². The third-order valence-electron chi connectivity index (χ3n) is 3.35. The van der Waals surface area contributed by atoms with Gasteiger partial charge in [0.1, 0.15) is 0 Å². The summed E-state index contributed by atoms with van der Waals surface area (Å²) in [6.45, 7) is 2.29. The fraction of sp³-hybridized carbons (Fsp3) is 1.00. The summed E-state index contributed by atoms with van der Waals surface area (Å²) in [5.74, 6) is 0.316. The number of hydrogen-bond acceptors (Lipinski definition) is 3. The predicted molar refractivity (Wildman–Crippen MR) is 60.2 cm³/mol. The van der Waals surface area contributed by atoms with Gasteiger partial charge in [0.2, 0.25) is 10.0 Å². The molecule has 1 aliphatic carbocycles. The first kappa shape index (κ1) is 11.4. The second-order valence-corrected chi connectivity index (χ2v) is 6.51. The van der Waals surface area contributed by atoms with E-state index < -0.39 is 10.0 Å². The molecule has 5 heteroatoms. The van der Waals surface area contributed by atoms with Crippen molar-refractivity contribution in [2.45, 2.75) is 38.1 Å². The Hall–Kier alpha value is -0.130. The minimum atomic E-state index is -2.97. The van der Waals surface area contributed by atoms with Crippen LogP contribution in [-0.2, 0) is 10.0 Å². The fourth-order valence-electron chi connectivity index (χ4n) is 2.55. The van der Waals surface area contributed by atoms with Crippen LogP contribution in [0.1, 0.15) is 32.1 Å². The van der Waals surface area contributed by atoms with E-state index >= 15 is 0 Å². The van der Waals surface area contributed by atoms with Gasteiger partial charge in [-0.05, 0) is 25.8 Å². The van der Waals surface area contributed by atoms with Crippen molar-refractivity contribution in [1.29, 1.82) is 0 Å². The summed E-state index contributed by atoms with van der Waals surface area (Å²) in [5.41, 5.74) is 0. The standard InChI is InChI=1S/C10H20N2O2S/c13-15(14)9-3-6-11-7-8-12(15)10-4-1-2-5-10/h10-11H,1-9H2. The first-order valence-corrected chi connectivity index (χ1v) is 7.51. The minimum absolute atomic E-state index is 0.287. The molecule has 2 aliphatic rings. The van der Waals surface area contributed by atoms with Crippen LogP contribution in [0.4, 0.5) is 0 Å². The maximum Gasteiger partial charge on any atom is 0.214 e. The van der Waals surface area contributed by atoms with E-state index in [1.807, 2.05) is 0 Å². The summed E-state index contributed by atoms with van der Waals surface area (Å²) in [6, 6.07) is 0.287.